The minimum Gasteiger partial charge on any atom is -0.489 e. The summed E-state index contributed by atoms with van der Waals surface area (Å²) in [6, 6.07) is 8.77. The van der Waals surface area contributed by atoms with Crippen molar-refractivity contribution >= 4 is 11.6 Å². The quantitative estimate of drug-likeness (QED) is 0.673. The zero-order valence-corrected chi connectivity index (χ0v) is 14.6. The van der Waals surface area contributed by atoms with Gasteiger partial charge in [0.1, 0.15) is 11.9 Å². The number of likely N-dealkylation sites (tertiary alicyclic amines) is 1. The molecule has 1 aromatic rings. The SMILES string of the molecule is NN1N=C(c2ccc(O[C@@H]3CCN(C4CCCC4)C3)cc2)CCC1=O. The Balaban J connectivity index is 1.35. The highest BCUT2D eigenvalue weighted by molar-refractivity contribution is 6.04. The molecule has 0 radical (unpaired) electrons. The molecule has 2 heterocycles. The molecule has 25 heavy (non-hydrogen) atoms. The minimum absolute atomic E-state index is 0.142. The molecule has 1 aromatic carbocycles. The lowest BCUT2D eigenvalue weighted by Crippen LogP contribution is -2.37. The number of ether oxygens (including phenoxy) is 1. The lowest BCUT2D eigenvalue weighted by Gasteiger charge is -2.23. The van der Waals surface area contributed by atoms with Crippen molar-refractivity contribution in [2.24, 2.45) is 10.9 Å². The normalized spacial score (nSPS) is 25.5. The summed E-state index contributed by atoms with van der Waals surface area (Å²) in [6.45, 7) is 2.20. The van der Waals surface area contributed by atoms with Crippen molar-refractivity contribution in [3.8, 4) is 5.75 Å². The lowest BCUT2D eigenvalue weighted by atomic mass is 10.0. The van der Waals surface area contributed by atoms with Crippen LogP contribution >= 0.6 is 0 Å². The molecule has 0 spiro atoms. The van der Waals surface area contributed by atoms with E-state index in [1.807, 2.05) is 24.3 Å². The Morgan fingerprint density at radius 2 is 1.84 bits per heavy atom. The van der Waals surface area contributed by atoms with E-state index >= 15 is 0 Å². The molecular formula is C19H26N4O2. The smallest absolute Gasteiger partial charge is 0.257 e. The zero-order chi connectivity index (χ0) is 17.2. The molecule has 2 fully saturated rings. The van der Waals surface area contributed by atoms with Crippen LogP contribution in [0.15, 0.2) is 29.4 Å². The number of hydrogen-bond donors (Lipinski definition) is 1. The molecule has 0 bridgehead atoms. The van der Waals surface area contributed by atoms with Gasteiger partial charge in [-0.3, -0.25) is 9.69 Å². The second-order valence-electron chi connectivity index (χ2n) is 7.27. The molecule has 134 valence electrons. The Labute approximate surface area is 148 Å². The largest absolute Gasteiger partial charge is 0.489 e. The number of carbonyl (C=O) groups excluding carboxylic acids is 1. The molecule has 6 heteroatoms. The number of hydrazone groups is 1. The lowest BCUT2D eigenvalue weighted by molar-refractivity contribution is -0.132. The van der Waals surface area contributed by atoms with Crippen LogP contribution in [0.2, 0.25) is 0 Å². The second kappa shape index (κ2) is 7.14. The van der Waals surface area contributed by atoms with Crippen molar-refractivity contribution < 1.29 is 9.53 Å². The summed E-state index contributed by atoms with van der Waals surface area (Å²) in [5.41, 5.74) is 1.84. The molecule has 2 aliphatic heterocycles. The first-order chi connectivity index (χ1) is 12.2. The molecule has 1 saturated carbocycles. The van der Waals surface area contributed by atoms with Gasteiger partial charge in [-0.05, 0) is 49.1 Å². The van der Waals surface area contributed by atoms with Gasteiger partial charge in [0.2, 0.25) is 0 Å². The predicted octanol–water partition coefficient (Wildman–Crippen LogP) is 2.28. The topological polar surface area (TPSA) is 71.2 Å². The van der Waals surface area contributed by atoms with Gasteiger partial charge < -0.3 is 4.74 Å². The first-order valence-corrected chi connectivity index (χ1v) is 9.35. The average Bonchev–Trinajstić information content (AvgIpc) is 3.29. The standard InChI is InChI=1S/C19H26N4O2/c20-23-19(24)10-9-18(21-23)14-5-7-16(8-6-14)25-17-11-12-22(13-17)15-3-1-2-4-15/h5-8,15,17H,1-4,9-13,20H2/t17-/m1/s1. The van der Waals surface area contributed by atoms with Gasteiger partial charge in [0, 0.05) is 32.0 Å². The third kappa shape index (κ3) is 3.70. The van der Waals surface area contributed by atoms with Crippen LogP contribution in [0, 0.1) is 0 Å². The molecule has 1 saturated heterocycles. The third-order valence-corrected chi connectivity index (χ3v) is 5.57. The van der Waals surface area contributed by atoms with Crippen LogP contribution in [0.3, 0.4) is 0 Å². The van der Waals surface area contributed by atoms with Gasteiger partial charge in [-0.1, -0.05) is 12.8 Å². The number of amides is 1. The van der Waals surface area contributed by atoms with Crippen LogP contribution in [0.4, 0.5) is 0 Å². The summed E-state index contributed by atoms with van der Waals surface area (Å²) in [7, 11) is 0. The highest BCUT2D eigenvalue weighted by Crippen LogP contribution is 2.28. The van der Waals surface area contributed by atoms with E-state index in [9.17, 15) is 4.79 Å². The highest BCUT2D eigenvalue weighted by Gasteiger charge is 2.30. The van der Waals surface area contributed by atoms with Crippen LogP contribution in [0.25, 0.3) is 0 Å². The molecular weight excluding hydrogens is 316 g/mol. The van der Waals surface area contributed by atoms with E-state index < -0.39 is 0 Å². The van der Waals surface area contributed by atoms with E-state index in [2.05, 4.69) is 10.0 Å². The van der Waals surface area contributed by atoms with E-state index in [1.165, 1.54) is 25.7 Å². The van der Waals surface area contributed by atoms with Crippen molar-refractivity contribution in [3.63, 3.8) is 0 Å². The molecule has 1 aliphatic carbocycles. The third-order valence-electron chi connectivity index (χ3n) is 5.57. The molecule has 1 atom stereocenters. The van der Waals surface area contributed by atoms with E-state index in [1.54, 1.807) is 0 Å². The zero-order valence-electron chi connectivity index (χ0n) is 14.6. The molecule has 3 aliphatic rings. The van der Waals surface area contributed by atoms with E-state index in [4.69, 9.17) is 10.6 Å². The minimum atomic E-state index is -0.142. The van der Waals surface area contributed by atoms with Crippen LogP contribution < -0.4 is 10.6 Å². The molecule has 1 amide bonds. The van der Waals surface area contributed by atoms with E-state index in [0.717, 1.165) is 47.7 Å². The van der Waals surface area contributed by atoms with Gasteiger partial charge >= 0.3 is 0 Å². The summed E-state index contributed by atoms with van der Waals surface area (Å²) in [5, 5.41) is 5.10. The number of hydrogen-bond acceptors (Lipinski definition) is 5. The van der Waals surface area contributed by atoms with Crippen LogP contribution in [-0.4, -0.2) is 46.9 Å². The Morgan fingerprint density at radius 1 is 1.08 bits per heavy atom. The van der Waals surface area contributed by atoms with E-state index in [-0.39, 0.29) is 12.0 Å². The Kier molecular flexibility index (Phi) is 4.72. The fourth-order valence-electron chi connectivity index (χ4n) is 4.15. The van der Waals surface area contributed by atoms with Gasteiger partial charge in [0.25, 0.3) is 5.91 Å². The van der Waals surface area contributed by atoms with Gasteiger partial charge in [-0.2, -0.15) is 10.2 Å². The van der Waals surface area contributed by atoms with Crippen LogP contribution in [0.1, 0.15) is 50.5 Å². The number of nitrogens with zero attached hydrogens (tertiary/aromatic N) is 3. The molecule has 6 nitrogen and oxygen atoms in total. The van der Waals surface area contributed by atoms with Crippen molar-refractivity contribution in [3.05, 3.63) is 29.8 Å². The summed E-state index contributed by atoms with van der Waals surface area (Å²) in [6.07, 6.45) is 7.89. The van der Waals surface area contributed by atoms with Gasteiger partial charge in [-0.25, -0.2) is 5.84 Å². The molecule has 0 aromatic heterocycles. The average molecular weight is 342 g/mol. The molecule has 0 unspecified atom stereocenters. The second-order valence-corrected chi connectivity index (χ2v) is 7.27. The highest BCUT2D eigenvalue weighted by atomic mass is 16.5. The van der Waals surface area contributed by atoms with Crippen molar-refractivity contribution in [1.29, 1.82) is 0 Å². The number of carbonyl (C=O) groups is 1. The maximum Gasteiger partial charge on any atom is 0.257 e. The Morgan fingerprint density at radius 3 is 2.56 bits per heavy atom. The molecule has 2 N–H and O–H groups in total. The van der Waals surface area contributed by atoms with Gasteiger partial charge in [0.15, 0.2) is 0 Å². The first-order valence-electron chi connectivity index (χ1n) is 9.35. The molecule has 4 rings (SSSR count). The predicted molar refractivity (Wildman–Crippen MR) is 96.1 cm³/mol. The maximum absolute atomic E-state index is 11.4. The van der Waals surface area contributed by atoms with Crippen molar-refractivity contribution in [2.75, 3.05) is 13.1 Å². The van der Waals surface area contributed by atoms with Crippen LogP contribution in [0.5, 0.6) is 5.75 Å². The van der Waals surface area contributed by atoms with Gasteiger partial charge in [-0.15, -0.1) is 0 Å². The summed E-state index contributed by atoms with van der Waals surface area (Å²) >= 11 is 0. The summed E-state index contributed by atoms with van der Waals surface area (Å²) < 4.78 is 6.17. The fraction of sp³-hybridized carbons (Fsp3) is 0.579. The number of benzene rings is 1. The number of rotatable bonds is 4. The maximum atomic E-state index is 11.4. The number of nitrogens with two attached hydrogens (primary N) is 1. The van der Waals surface area contributed by atoms with E-state index in [0.29, 0.717) is 12.8 Å². The Bertz CT molecular complexity index is 652. The number of hydrazine groups is 1. The summed E-state index contributed by atoms with van der Waals surface area (Å²) in [4.78, 5) is 14.0. The van der Waals surface area contributed by atoms with Crippen LogP contribution in [-0.2, 0) is 4.79 Å². The fourth-order valence-corrected chi connectivity index (χ4v) is 4.15. The monoisotopic (exact) mass is 342 g/mol. The van der Waals surface area contributed by atoms with Gasteiger partial charge in [0.05, 0.1) is 5.71 Å². The van der Waals surface area contributed by atoms with Crippen molar-refractivity contribution in [1.82, 2.24) is 10.0 Å². The summed E-state index contributed by atoms with van der Waals surface area (Å²) in [5.74, 6) is 6.34. The Hall–Kier alpha value is -1.92. The first kappa shape index (κ1) is 16.5. The van der Waals surface area contributed by atoms with Crippen molar-refractivity contribution in [2.45, 2.75) is 57.1 Å².